The lowest BCUT2D eigenvalue weighted by molar-refractivity contribution is 0.0948. The van der Waals surface area contributed by atoms with Crippen molar-refractivity contribution in [2.45, 2.75) is 19.9 Å². The van der Waals surface area contributed by atoms with Crippen molar-refractivity contribution in [2.24, 2.45) is 5.73 Å². The van der Waals surface area contributed by atoms with Gasteiger partial charge in [0, 0.05) is 6.54 Å². The molecular weight excluding hydrogens is 264 g/mol. The summed E-state index contributed by atoms with van der Waals surface area (Å²) in [6.45, 7) is 2.82. The van der Waals surface area contributed by atoms with Crippen LogP contribution in [-0.2, 0) is 13.0 Å². The number of hydrogen-bond donors (Lipinski definition) is 3. The number of hydrogen-bond acceptors (Lipinski definition) is 3. The van der Waals surface area contributed by atoms with Gasteiger partial charge in [-0.25, -0.2) is 0 Å². The van der Waals surface area contributed by atoms with Crippen LogP contribution in [0.1, 0.15) is 27.0 Å². The normalized spacial score (nSPS) is 10.4. The highest BCUT2D eigenvalue weighted by Gasteiger charge is 2.11. The molecule has 110 valence electrons. The average molecular weight is 284 g/mol. The molecule has 0 radical (unpaired) electrons. The summed E-state index contributed by atoms with van der Waals surface area (Å²) in [6.07, 6.45) is 0.851. The number of phenolic OH excluding ortho intramolecular Hbond substituents is 1. The van der Waals surface area contributed by atoms with E-state index in [-0.39, 0.29) is 11.7 Å². The number of nitrogens with one attached hydrogen (secondary N) is 1. The summed E-state index contributed by atoms with van der Waals surface area (Å²) in [6, 6.07) is 13.1. The molecule has 1 amide bonds. The molecule has 0 heterocycles. The van der Waals surface area contributed by atoms with Crippen molar-refractivity contribution in [1.82, 2.24) is 5.32 Å². The largest absolute Gasteiger partial charge is 0.507 e. The lowest BCUT2D eigenvalue weighted by Gasteiger charge is -2.09. The second-order valence-corrected chi connectivity index (χ2v) is 5.01. The maximum Gasteiger partial charge on any atom is 0.255 e. The van der Waals surface area contributed by atoms with Crippen molar-refractivity contribution >= 4 is 5.91 Å². The third kappa shape index (κ3) is 3.83. The number of carbonyl (C=O) groups excluding carboxylic acids is 1. The molecule has 0 saturated heterocycles. The van der Waals surface area contributed by atoms with Gasteiger partial charge in [0.2, 0.25) is 0 Å². The van der Waals surface area contributed by atoms with Crippen LogP contribution >= 0.6 is 0 Å². The van der Waals surface area contributed by atoms with E-state index in [1.54, 1.807) is 25.1 Å². The molecule has 2 rings (SSSR count). The van der Waals surface area contributed by atoms with Crippen LogP contribution in [0, 0.1) is 6.92 Å². The number of benzene rings is 2. The van der Waals surface area contributed by atoms with Gasteiger partial charge in [-0.3, -0.25) is 4.79 Å². The molecule has 0 atom stereocenters. The van der Waals surface area contributed by atoms with Crippen LogP contribution in [0.25, 0.3) is 0 Å². The van der Waals surface area contributed by atoms with Crippen LogP contribution in [0.5, 0.6) is 5.75 Å². The van der Waals surface area contributed by atoms with E-state index in [0.29, 0.717) is 24.2 Å². The summed E-state index contributed by atoms with van der Waals surface area (Å²) in [5.41, 5.74) is 8.69. The Morgan fingerprint density at radius 3 is 2.48 bits per heavy atom. The molecule has 0 aliphatic carbocycles. The van der Waals surface area contributed by atoms with E-state index in [9.17, 15) is 9.90 Å². The molecular formula is C17H20N2O2. The summed E-state index contributed by atoms with van der Waals surface area (Å²) < 4.78 is 0. The Bertz CT molecular complexity index is 621. The highest BCUT2D eigenvalue weighted by molar-refractivity contribution is 5.97. The van der Waals surface area contributed by atoms with Gasteiger partial charge in [-0.2, -0.15) is 0 Å². The van der Waals surface area contributed by atoms with Crippen LogP contribution in [0.4, 0.5) is 0 Å². The second-order valence-electron chi connectivity index (χ2n) is 5.01. The molecule has 0 aromatic heterocycles. The summed E-state index contributed by atoms with van der Waals surface area (Å²) in [7, 11) is 0. The van der Waals surface area contributed by atoms with Crippen LogP contribution in [-0.4, -0.2) is 17.6 Å². The predicted molar refractivity (Wildman–Crippen MR) is 83.2 cm³/mol. The van der Waals surface area contributed by atoms with Crippen LogP contribution in [0.2, 0.25) is 0 Å². The van der Waals surface area contributed by atoms with E-state index in [1.165, 1.54) is 5.56 Å². The Hall–Kier alpha value is -2.33. The lowest BCUT2D eigenvalue weighted by Crippen LogP contribution is -2.23. The lowest BCUT2D eigenvalue weighted by atomic mass is 10.1. The molecule has 0 aliphatic rings. The number of nitrogens with two attached hydrogens (primary N) is 1. The Balaban J connectivity index is 1.99. The summed E-state index contributed by atoms with van der Waals surface area (Å²) in [5.74, 6) is -0.240. The van der Waals surface area contributed by atoms with E-state index in [2.05, 4.69) is 5.32 Å². The highest BCUT2D eigenvalue weighted by Crippen LogP contribution is 2.21. The maximum atomic E-state index is 12.1. The van der Waals surface area contributed by atoms with Crippen molar-refractivity contribution in [3.63, 3.8) is 0 Å². The van der Waals surface area contributed by atoms with Gasteiger partial charge in [0.25, 0.3) is 5.91 Å². The number of aryl methyl sites for hydroxylation is 1. The van der Waals surface area contributed by atoms with Crippen molar-refractivity contribution in [3.8, 4) is 5.75 Å². The van der Waals surface area contributed by atoms with Crippen LogP contribution < -0.4 is 11.1 Å². The molecule has 4 N–H and O–H groups in total. The minimum atomic E-state index is -0.276. The number of amides is 1. The summed E-state index contributed by atoms with van der Waals surface area (Å²) in [4.78, 5) is 12.1. The van der Waals surface area contributed by atoms with Crippen molar-refractivity contribution in [1.29, 1.82) is 0 Å². The Kier molecular flexibility index (Phi) is 4.95. The molecule has 0 spiro atoms. The molecule has 0 aliphatic heterocycles. The molecule has 0 bridgehead atoms. The van der Waals surface area contributed by atoms with E-state index < -0.39 is 0 Å². The number of para-hydroxylation sites is 1. The minimum absolute atomic E-state index is 0.0355. The molecule has 2 aromatic rings. The number of phenols is 1. The van der Waals surface area contributed by atoms with Gasteiger partial charge in [0.05, 0.1) is 5.56 Å². The average Bonchev–Trinajstić information content (AvgIpc) is 2.49. The van der Waals surface area contributed by atoms with E-state index >= 15 is 0 Å². The number of carbonyl (C=O) groups is 1. The second kappa shape index (κ2) is 6.90. The fraction of sp³-hybridized carbons (Fsp3) is 0.235. The maximum absolute atomic E-state index is 12.1. The molecule has 0 unspecified atom stereocenters. The van der Waals surface area contributed by atoms with Crippen molar-refractivity contribution < 1.29 is 9.90 Å². The smallest absolute Gasteiger partial charge is 0.255 e. The Labute approximate surface area is 124 Å². The number of aromatic hydroxyl groups is 1. The fourth-order valence-corrected chi connectivity index (χ4v) is 2.11. The Morgan fingerprint density at radius 2 is 1.81 bits per heavy atom. The molecule has 4 heteroatoms. The molecule has 4 nitrogen and oxygen atoms in total. The van der Waals surface area contributed by atoms with Gasteiger partial charge in [-0.1, -0.05) is 36.4 Å². The summed E-state index contributed by atoms with van der Waals surface area (Å²) >= 11 is 0. The summed E-state index contributed by atoms with van der Waals surface area (Å²) in [5, 5.41) is 12.7. The highest BCUT2D eigenvalue weighted by atomic mass is 16.3. The zero-order chi connectivity index (χ0) is 15.2. The van der Waals surface area contributed by atoms with Crippen molar-refractivity contribution in [2.75, 3.05) is 6.54 Å². The first-order chi connectivity index (χ1) is 10.1. The van der Waals surface area contributed by atoms with Crippen LogP contribution in [0.15, 0.2) is 42.5 Å². The molecule has 0 fully saturated rings. The topological polar surface area (TPSA) is 75.4 Å². The van der Waals surface area contributed by atoms with E-state index in [4.69, 9.17) is 5.73 Å². The molecule has 2 aromatic carbocycles. The minimum Gasteiger partial charge on any atom is -0.507 e. The fourth-order valence-electron chi connectivity index (χ4n) is 2.11. The van der Waals surface area contributed by atoms with Gasteiger partial charge < -0.3 is 16.2 Å². The van der Waals surface area contributed by atoms with E-state index in [1.807, 2.05) is 24.3 Å². The van der Waals surface area contributed by atoms with Crippen LogP contribution in [0.3, 0.4) is 0 Å². The first-order valence-corrected chi connectivity index (χ1v) is 6.96. The van der Waals surface area contributed by atoms with Gasteiger partial charge in [-0.15, -0.1) is 0 Å². The van der Waals surface area contributed by atoms with Gasteiger partial charge in [0.15, 0.2) is 0 Å². The SMILES string of the molecule is Cc1cccc(C(=O)NCc2ccc(CCN)cc2)c1O. The van der Waals surface area contributed by atoms with E-state index in [0.717, 1.165) is 12.0 Å². The van der Waals surface area contributed by atoms with Gasteiger partial charge in [0.1, 0.15) is 5.75 Å². The monoisotopic (exact) mass is 284 g/mol. The third-order valence-corrected chi connectivity index (χ3v) is 3.39. The first kappa shape index (κ1) is 15.1. The van der Waals surface area contributed by atoms with Gasteiger partial charge >= 0.3 is 0 Å². The quantitative estimate of drug-likeness (QED) is 0.787. The third-order valence-electron chi connectivity index (χ3n) is 3.39. The molecule has 21 heavy (non-hydrogen) atoms. The molecule has 0 saturated carbocycles. The standard InChI is InChI=1S/C17H20N2O2/c1-12-3-2-4-15(16(12)20)17(21)19-11-14-7-5-13(6-8-14)9-10-18/h2-8,20H,9-11,18H2,1H3,(H,19,21). The first-order valence-electron chi connectivity index (χ1n) is 6.96. The number of rotatable bonds is 5. The zero-order valence-corrected chi connectivity index (χ0v) is 12.1. The van der Waals surface area contributed by atoms with Gasteiger partial charge in [-0.05, 0) is 42.6 Å². The van der Waals surface area contributed by atoms with Crippen molar-refractivity contribution in [3.05, 3.63) is 64.7 Å². The Morgan fingerprint density at radius 1 is 1.14 bits per heavy atom. The zero-order valence-electron chi connectivity index (χ0n) is 12.1. The predicted octanol–water partition coefficient (Wildman–Crippen LogP) is 2.13.